The minimum absolute atomic E-state index is 0.0000939. The fraction of sp³-hybridized carbons (Fsp3) is 0.667. The van der Waals surface area contributed by atoms with E-state index < -0.39 is 19.2 Å². The lowest BCUT2D eigenvalue weighted by Crippen LogP contribution is -2.46. The van der Waals surface area contributed by atoms with Gasteiger partial charge in [-0.2, -0.15) is 0 Å². The van der Waals surface area contributed by atoms with Crippen molar-refractivity contribution in [2.75, 3.05) is 38.8 Å². The van der Waals surface area contributed by atoms with Gasteiger partial charge < -0.3 is 23.9 Å². The number of benzene rings is 1. The minimum atomic E-state index is -2.05. The van der Waals surface area contributed by atoms with Crippen LogP contribution >= 0.6 is 21.6 Å². The molecule has 232 valence electrons. The van der Waals surface area contributed by atoms with Gasteiger partial charge in [-0.3, -0.25) is 9.69 Å². The molecule has 1 aliphatic heterocycles. The Morgan fingerprint density at radius 3 is 2.10 bits per heavy atom. The molecule has 1 atom stereocenters. The average Bonchev–Trinajstić information content (AvgIpc) is 3.23. The number of ether oxygens (including phenoxy) is 2. The summed E-state index contributed by atoms with van der Waals surface area (Å²) in [7, 11) is 4.27. The second-order valence-corrected chi connectivity index (χ2v) is 22.2. The van der Waals surface area contributed by atoms with E-state index in [0.29, 0.717) is 31.1 Å². The molecule has 11 heteroatoms. The third kappa shape index (κ3) is 9.33. The quantitative estimate of drug-likeness (QED) is 0.150. The van der Waals surface area contributed by atoms with Crippen molar-refractivity contribution in [3.05, 3.63) is 29.8 Å². The van der Waals surface area contributed by atoms with Crippen LogP contribution in [0.2, 0.25) is 18.1 Å². The van der Waals surface area contributed by atoms with E-state index in [1.807, 2.05) is 13.8 Å². The van der Waals surface area contributed by atoms with Gasteiger partial charge in [-0.05, 0) is 44.5 Å². The monoisotopic (exact) mass is 626 g/mol. The predicted molar refractivity (Wildman–Crippen MR) is 176 cm³/mol. The van der Waals surface area contributed by atoms with Crippen LogP contribution in [0.3, 0.4) is 0 Å². The van der Waals surface area contributed by atoms with Crippen molar-refractivity contribution in [1.82, 2.24) is 4.90 Å². The minimum Gasteiger partial charge on any atom is -0.493 e. The number of anilines is 1. The Balaban J connectivity index is 2.54. The molecular weight excluding hydrogens is 577 g/mol. The molecule has 1 saturated heterocycles. The number of carbonyl (C=O) groups excluding carboxylic acids is 1. The van der Waals surface area contributed by atoms with Crippen molar-refractivity contribution >= 4 is 47.6 Å². The van der Waals surface area contributed by atoms with E-state index >= 15 is 0 Å². The lowest BCUT2D eigenvalue weighted by Gasteiger charge is -2.38. The Bertz CT molecular complexity index is 1130. The first kappa shape index (κ1) is 35.4. The molecule has 0 unspecified atom stereocenters. The summed E-state index contributed by atoms with van der Waals surface area (Å²) in [4.78, 5) is 30.0. The van der Waals surface area contributed by atoms with Crippen LogP contribution in [0.4, 0.5) is 10.5 Å². The lowest BCUT2D eigenvalue weighted by molar-refractivity contribution is 0.0686. The molecule has 2 rings (SSSR count). The highest BCUT2D eigenvalue weighted by Gasteiger charge is 2.41. The molecule has 1 heterocycles. The zero-order valence-electron chi connectivity index (χ0n) is 27.0. The van der Waals surface area contributed by atoms with Crippen molar-refractivity contribution in [1.29, 1.82) is 0 Å². The summed E-state index contributed by atoms with van der Waals surface area (Å²) in [5.41, 5.74) is 1.44. The van der Waals surface area contributed by atoms with E-state index in [4.69, 9.17) is 13.9 Å². The van der Waals surface area contributed by atoms with Crippen LogP contribution in [0.5, 0.6) is 11.5 Å². The van der Waals surface area contributed by atoms with Crippen molar-refractivity contribution in [2.45, 2.75) is 95.5 Å². The summed E-state index contributed by atoms with van der Waals surface area (Å²) in [6.45, 7) is 26.4. The number of hydrogen-bond acceptors (Lipinski definition) is 7. The van der Waals surface area contributed by atoms with Crippen LogP contribution in [0.1, 0.15) is 72.2 Å². The Hall–Kier alpha value is -1.82. The number of methoxy groups -OCH3 is 2. The van der Waals surface area contributed by atoms with Crippen LogP contribution < -0.4 is 14.4 Å². The van der Waals surface area contributed by atoms with Gasteiger partial charge in [0, 0.05) is 28.6 Å². The normalized spacial score (nSPS) is 16.6. The SMILES string of the molecule is C=C1C[C@@H](CO[Si](C)(C)C(C)(C)C)N(C(=O)c2cc(OC)c(OC)cc2N(CC(C)(C)SSC(C)(C)C)C(=O)O)C1. The average molecular weight is 627 g/mol. The molecule has 0 bridgehead atoms. The number of carbonyl (C=O) groups is 2. The standard InChI is InChI=1S/C30H50N2O6S2Si/c1-20-14-21(18-38-41(12,13)29(5,6)7)31(17-20)26(33)22-15-24(36-10)25(37-11)16-23(22)32(27(34)35)19-30(8,9)40-39-28(2,3)4/h15-16,21H,1,14,17-19H2,2-13H3,(H,34,35)/t21-/m0/s1. The molecule has 1 aliphatic rings. The number of rotatable bonds is 11. The molecular formula is C30H50N2O6S2Si. The number of carboxylic acid groups (broad SMARTS) is 1. The summed E-state index contributed by atoms with van der Waals surface area (Å²) >= 11 is 0. The fourth-order valence-corrected chi connectivity index (χ4v) is 7.39. The van der Waals surface area contributed by atoms with E-state index in [1.54, 1.807) is 38.6 Å². The van der Waals surface area contributed by atoms with Gasteiger partial charge in [-0.15, -0.1) is 0 Å². The second-order valence-electron chi connectivity index (χ2n) is 13.7. The first-order valence-corrected chi connectivity index (χ1v) is 18.9. The van der Waals surface area contributed by atoms with E-state index in [9.17, 15) is 14.7 Å². The third-order valence-electron chi connectivity index (χ3n) is 7.37. The molecule has 1 N–H and O–H groups in total. The van der Waals surface area contributed by atoms with Gasteiger partial charge in [0.25, 0.3) is 5.91 Å². The summed E-state index contributed by atoms with van der Waals surface area (Å²) in [5.74, 6) is 0.418. The van der Waals surface area contributed by atoms with Crippen LogP contribution in [-0.2, 0) is 4.43 Å². The molecule has 8 nitrogen and oxygen atoms in total. The van der Waals surface area contributed by atoms with E-state index in [-0.39, 0.29) is 39.5 Å². The summed E-state index contributed by atoms with van der Waals surface area (Å²) < 4.78 is 17.1. The van der Waals surface area contributed by atoms with Crippen LogP contribution in [0, 0.1) is 0 Å². The van der Waals surface area contributed by atoms with Crippen molar-refractivity contribution in [2.24, 2.45) is 0 Å². The van der Waals surface area contributed by atoms with E-state index in [0.717, 1.165) is 5.57 Å². The smallest absolute Gasteiger partial charge is 0.411 e. The number of hydrogen-bond donors (Lipinski definition) is 1. The molecule has 1 aromatic carbocycles. The van der Waals surface area contributed by atoms with Gasteiger partial charge in [-0.25, -0.2) is 4.79 Å². The molecule has 1 fully saturated rings. The van der Waals surface area contributed by atoms with E-state index in [1.165, 1.54) is 19.1 Å². The number of amides is 2. The highest BCUT2D eigenvalue weighted by molar-refractivity contribution is 8.77. The number of nitrogens with zero attached hydrogens (tertiary/aromatic N) is 2. The predicted octanol–water partition coefficient (Wildman–Crippen LogP) is 7.94. The van der Waals surface area contributed by atoms with E-state index in [2.05, 4.69) is 61.2 Å². The third-order valence-corrected chi connectivity index (χ3v) is 16.1. The van der Waals surface area contributed by atoms with Gasteiger partial charge in [0.15, 0.2) is 19.8 Å². The maximum absolute atomic E-state index is 14.3. The van der Waals surface area contributed by atoms with Crippen LogP contribution in [0.15, 0.2) is 24.3 Å². The molecule has 0 aromatic heterocycles. The Morgan fingerprint density at radius 1 is 1.05 bits per heavy atom. The molecule has 0 aliphatic carbocycles. The first-order valence-electron chi connectivity index (χ1n) is 13.9. The largest absolute Gasteiger partial charge is 0.493 e. The van der Waals surface area contributed by atoms with Gasteiger partial charge >= 0.3 is 6.09 Å². The van der Waals surface area contributed by atoms with Crippen molar-refractivity contribution < 1.29 is 28.6 Å². The second kappa shape index (κ2) is 13.2. The Kier molecular flexibility index (Phi) is 11.4. The van der Waals surface area contributed by atoms with Gasteiger partial charge in [0.1, 0.15) is 0 Å². The first-order chi connectivity index (χ1) is 18.6. The molecule has 2 amide bonds. The van der Waals surface area contributed by atoms with Gasteiger partial charge in [-0.1, -0.05) is 75.3 Å². The molecule has 0 saturated carbocycles. The molecule has 0 spiro atoms. The molecule has 0 radical (unpaired) electrons. The number of likely N-dealkylation sites (tertiary alicyclic amines) is 1. The fourth-order valence-electron chi connectivity index (χ4n) is 4.10. The zero-order valence-corrected chi connectivity index (χ0v) is 29.6. The van der Waals surface area contributed by atoms with Gasteiger partial charge in [0.05, 0.1) is 38.1 Å². The summed E-state index contributed by atoms with van der Waals surface area (Å²) in [5, 5.41) is 10.4. The summed E-state index contributed by atoms with van der Waals surface area (Å²) in [6.07, 6.45) is -0.511. The maximum atomic E-state index is 14.3. The van der Waals surface area contributed by atoms with Crippen LogP contribution in [-0.4, -0.2) is 79.8 Å². The summed E-state index contributed by atoms with van der Waals surface area (Å²) in [6, 6.07) is 2.98. The maximum Gasteiger partial charge on any atom is 0.411 e. The Labute approximate surface area is 256 Å². The molecule has 1 aromatic rings. The highest BCUT2D eigenvalue weighted by atomic mass is 33.1. The molecule has 41 heavy (non-hydrogen) atoms. The zero-order chi connectivity index (χ0) is 31.6. The lowest BCUT2D eigenvalue weighted by atomic mass is 10.1. The van der Waals surface area contributed by atoms with Crippen molar-refractivity contribution in [3.8, 4) is 11.5 Å². The Morgan fingerprint density at radius 2 is 1.61 bits per heavy atom. The topological polar surface area (TPSA) is 88.5 Å². The highest BCUT2D eigenvalue weighted by Crippen LogP contribution is 2.45. The van der Waals surface area contributed by atoms with Crippen molar-refractivity contribution in [3.63, 3.8) is 0 Å². The van der Waals surface area contributed by atoms with Crippen LogP contribution in [0.25, 0.3) is 0 Å². The van der Waals surface area contributed by atoms with Gasteiger partial charge in [0.2, 0.25) is 0 Å².